The highest BCUT2D eigenvalue weighted by Crippen LogP contribution is 2.30. The average molecular weight is 409 g/mol. The second-order valence-corrected chi connectivity index (χ2v) is 7.46. The molecule has 9 nitrogen and oxygen atoms in total. The van der Waals surface area contributed by atoms with Gasteiger partial charge < -0.3 is 19.6 Å². The Kier molecular flexibility index (Phi) is 5.13. The van der Waals surface area contributed by atoms with Crippen molar-refractivity contribution >= 4 is 28.6 Å². The van der Waals surface area contributed by atoms with Crippen molar-refractivity contribution in [1.29, 1.82) is 0 Å². The van der Waals surface area contributed by atoms with Gasteiger partial charge in [-0.2, -0.15) is 0 Å². The highest BCUT2D eigenvalue weighted by molar-refractivity contribution is 5.93. The number of piperazine rings is 1. The van der Waals surface area contributed by atoms with Crippen molar-refractivity contribution in [3.8, 4) is 11.1 Å². The van der Waals surface area contributed by atoms with E-state index in [4.69, 9.17) is 4.42 Å². The van der Waals surface area contributed by atoms with Crippen molar-refractivity contribution in [2.75, 3.05) is 18.4 Å². The molecule has 2 N–H and O–H groups in total. The molecule has 9 heteroatoms. The van der Waals surface area contributed by atoms with E-state index in [2.05, 4.69) is 15.6 Å². The molecule has 2 amide bonds. The van der Waals surface area contributed by atoms with E-state index in [9.17, 15) is 14.4 Å². The number of carbonyl (C=O) groups is 2. The lowest BCUT2D eigenvalue weighted by Crippen LogP contribution is -2.53. The van der Waals surface area contributed by atoms with Gasteiger partial charge in [0.15, 0.2) is 0 Å². The molecule has 1 atom stereocenters. The maximum atomic E-state index is 12.7. The number of carbonyl (C=O) groups excluding carboxylic acids is 2. The van der Waals surface area contributed by atoms with Gasteiger partial charge in [0.25, 0.3) is 5.56 Å². The van der Waals surface area contributed by atoms with Gasteiger partial charge in [0.1, 0.15) is 17.2 Å². The standard InChI is InChI=1S/C21H23N5O4/c1-12-20(28)23-6-7-26(12)10-15-9-16-19(30-15)17(11-25(3)21(16)29)14-4-5-22-18(8-14)24-13(2)27/h4-5,8-9,11-12H,6-7,10H2,1-3H3,(H,23,28)(H,22,24,27)/t12-/m1/s1. The summed E-state index contributed by atoms with van der Waals surface area (Å²) >= 11 is 0. The molecule has 1 fully saturated rings. The molecule has 0 aromatic carbocycles. The number of amides is 2. The molecule has 0 bridgehead atoms. The minimum absolute atomic E-state index is 0.0174. The van der Waals surface area contributed by atoms with Crippen molar-refractivity contribution in [2.24, 2.45) is 7.05 Å². The first-order valence-electron chi connectivity index (χ1n) is 9.71. The maximum Gasteiger partial charge on any atom is 0.261 e. The molecule has 0 unspecified atom stereocenters. The van der Waals surface area contributed by atoms with E-state index in [0.717, 1.165) is 11.1 Å². The summed E-state index contributed by atoms with van der Waals surface area (Å²) in [5.74, 6) is 0.802. The molecular formula is C21H23N5O4. The van der Waals surface area contributed by atoms with Crippen LogP contribution in [0.4, 0.5) is 5.82 Å². The van der Waals surface area contributed by atoms with Crippen LogP contribution in [-0.4, -0.2) is 45.4 Å². The molecule has 4 rings (SSSR count). The van der Waals surface area contributed by atoms with Crippen molar-refractivity contribution in [3.63, 3.8) is 0 Å². The van der Waals surface area contributed by atoms with Crippen LogP contribution in [0.25, 0.3) is 22.1 Å². The van der Waals surface area contributed by atoms with Crippen molar-refractivity contribution in [2.45, 2.75) is 26.4 Å². The molecule has 1 saturated heterocycles. The summed E-state index contributed by atoms with van der Waals surface area (Å²) < 4.78 is 7.61. The van der Waals surface area contributed by atoms with E-state index in [1.54, 1.807) is 37.6 Å². The first-order chi connectivity index (χ1) is 14.3. The predicted octanol–water partition coefficient (Wildman–Crippen LogP) is 1.47. The van der Waals surface area contributed by atoms with Crippen LogP contribution >= 0.6 is 0 Å². The number of anilines is 1. The van der Waals surface area contributed by atoms with Gasteiger partial charge in [-0.3, -0.25) is 19.3 Å². The Morgan fingerprint density at radius 2 is 2.17 bits per heavy atom. The second kappa shape index (κ2) is 7.75. The van der Waals surface area contributed by atoms with Crippen molar-refractivity contribution in [3.05, 3.63) is 46.7 Å². The summed E-state index contributed by atoms with van der Waals surface area (Å²) in [5, 5.41) is 5.97. The largest absolute Gasteiger partial charge is 0.459 e. The number of pyridine rings is 2. The third-order valence-electron chi connectivity index (χ3n) is 5.26. The number of aryl methyl sites for hydroxylation is 1. The van der Waals surface area contributed by atoms with Gasteiger partial charge in [-0.05, 0) is 30.7 Å². The molecular weight excluding hydrogens is 386 g/mol. The summed E-state index contributed by atoms with van der Waals surface area (Å²) in [6.45, 7) is 4.99. The van der Waals surface area contributed by atoms with Crippen LogP contribution in [0.15, 0.2) is 39.8 Å². The van der Waals surface area contributed by atoms with Gasteiger partial charge in [0.05, 0.1) is 18.0 Å². The fourth-order valence-electron chi connectivity index (χ4n) is 3.68. The molecule has 3 aromatic rings. The summed E-state index contributed by atoms with van der Waals surface area (Å²) in [6.07, 6.45) is 3.30. The van der Waals surface area contributed by atoms with Crippen LogP contribution in [-0.2, 0) is 23.2 Å². The number of aromatic nitrogens is 2. The smallest absolute Gasteiger partial charge is 0.261 e. The molecule has 0 aliphatic carbocycles. The first-order valence-corrected chi connectivity index (χ1v) is 9.71. The Bertz CT molecular complexity index is 1200. The van der Waals surface area contributed by atoms with Gasteiger partial charge >= 0.3 is 0 Å². The second-order valence-electron chi connectivity index (χ2n) is 7.46. The van der Waals surface area contributed by atoms with Crippen LogP contribution in [0.1, 0.15) is 19.6 Å². The Hall–Kier alpha value is -3.46. The van der Waals surface area contributed by atoms with E-state index in [0.29, 0.717) is 42.2 Å². The lowest BCUT2D eigenvalue weighted by Gasteiger charge is -2.31. The first kappa shape index (κ1) is 19.8. The normalized spacial score (nSPS) is 17.2. The fraction of sp³-hybridized carbons (Fsp3) is 0.333. The summed E-state index contributed by atoms with van der Waals surface area (Å²) in [4.78, 5) is 42.2. The highest BCUT2D eigenvalue weighted by atomic mass is 16.3. The summed E-state index contributed by atoms with van der Waals surface area (Å²) in [6, 6.07) is 5.01. The van der Waals surface area contributed by atoms with Gasteiger partial charge in [0.2, 0.25) is 11.8 Å². The van der Waals surface area contributed by atoms with Crippen LogP contribution in [0.5, 0.6) is 0 Å². The number of furan rings is 1. The van der Waals surface area contributed by atoms with Gasteiger partial charge in [-0.1, -0.05) is 0 Å². The molecule has 156 valence electrons. The van der Waals surface area contributed by atoms with Gasteiger partial charge in [-0.15, -0.1) is 0 Å². The highest BCUT2D eigenvalue weighted by Gasteiger charge is 2.26. The fourth-order valence-corrected chi connectivity index (χ4v) is 3.68. The quantitative estimate of drug-likeness (QED) is 0.675. The van der Waals surface area contributed by atoms with Crippen LogP contribution in [0.3, 0.4) is 0 Å². The van der Waals surface area contributed by atoms with Gasteiger partial charge in [-0.25, -0.2) is 4.98 Å². The Morgan fingerprint density at radius 3 is 2.93 bits per heavy atom. The van der Waals surface area contributed by atoms with Crippen LogP contribution in [0, 0.1) is 0 Å². The number of nitrogens with zero attached hydrogens (tertiary/aromatic N) is 3. The summed E-state index contributed by atoms with van der Waals surface area (Å²) in [7, 11) is 1.69. The summed E-state index contributed by atoms with van der Waals surface area (Å²) in [5.41, 5.74) is 1.80. The zero-order chi connectivity index (χ0) is 21.4. The molecule has 1 aliphatic rings. The number of hydrogen-bond acceptors (Lipinski definition) is 6. The molecule has 4 heterocycles. The van der Waals surface area contributed by atoms with Crippen molar-refractivity contribution in [1.82, 2.24) is 19.8 Å². The SMILES string of the molecule is CC(=O)Nc1cc(-c2cn(C)c(=O)c3cc(CN4CCNC(=O)[C@H]4C)oc23)ccn1. The molecule has 0 radical (unpaired) electrons. The lowest BCUT2D eigenvalue weighted by atomic mass is 10.1. The predicted molar refractivity (Wildman–Crippen MR) is 112 cm³/mol. The molecule has 0 spiro atoms. The lowest BCUT2D eigenvalue weighted by molar-refractivity contribution is -0.128. The van der Waals surface area contributed by atoms with Gasteiger partial charge in [0, 0.05) is 45.0 Å². The number of fused-ring (bicyclic) bond motifs is 1. The molecule has 30 heavy (non-hydrogen) atoms. The van der Waals surface area contributed by atoms with Crippen LogP contribution < -0.4 is 16.2 Å². The Labute approximate surface area is 172 Å². The zero-order valence-corrected chi connectivity index (χ0v) is 17.1. The van der Waals surface area contributed by atoms with E-state index in [1.807, 2.05) is 11.8 Å². The molecule has 0 saturated carbocycles. The third kappa shape index (κ3) is 3.71. The maximum absolute atomic E-state index is 12.7. The molecule has 3 aromatic heterocycles. The third-order valence-corrected chi connectivity index (χ3v) is 5.26. The number of nitrogens with one attached hydrogen (secondary N) is 2. The Balaban J connectivity index is 1.76. The minimum atomic E-state index is -0.269. The van der Waals surface area contributed by atoms with E-state index in [1.165, 1.54) is 11.5 Å². The van der Waals surface area contributed by atoms with Crippen LogP contribution in [0.2, 0.25) is 0 Å². The van der Waals surface area contributed by atoms with Crippen molar-refractivity contribution < 1.29 is 14.0 Å². The topological polar surface area (TPSA) is 109 Å². The minimum Gasteiger partial charge on any atom is -0.459 e. The Morgan fingerprint density at radius 1 is 1.37 bits per heavy atom. The van der Waals surface area contributed by atoms with E-state index in [-0.39, 0.29) is 23.4 Å². The number of hydrogen-bond donors (Lipinski definition) is 2. The zero-order valence-electron chi connectivity index (χ0n) is 17.1. The average Bonchev–Trinajstić information content (AvgIpc) is 3.12. The number of rotatable bonds is 4. The van der Waals surface area contributed by atoms with E-state index >= 15 is 0 Å². The van der Waals surface area contributed by atoms with E-state index < -0.39 is 0 Å². The molecule has 1 aliphatic heterocycles. The monoisotopic (exact) mass is 409 g/mol.